The highest BCUT2D eigenvalue weighted by molar-refractivity contribution is 5.96. The van der Waals surface area contributed by atoms with Gasteiger partial charge in [-0.2, -0.15) is 0 Å². The number of nitrogens with one attached hydrogen (secondary N) is 1. The van der Waals surface area contributed by atoms with E-state index in [2.05, 4.69) is 5.32 Å². The Balaban J connectivity index is 1.79. The molecule has 6 heteroatoms. The number of hydrogen-bond acceptors (Lipinski definition) is 5. The van der Waals surface area contributed by atoms with Crippen molar-refractivity contribution in [3.63, 3.8) is 0 Å². The number of esters is 2. The van der Waals surface area contributed by atoms with E-state index in [0.29, 0.717) is 24.1 Å². The van der Waals surface area contributed by atoms with Crippen molar-refractivity contribution in [1.82, 2.24) is 5.32 Å². The first-order valence-corrected chi connectivity index (χ1v) is 8.87. The highest BCUT2D eigenvalue weighted by Crippen LogP contribution is 2.31. The third-order valence-electron chi connectivity index (χ3n) is 4.39. The third-order valence-corrected chi connectivity index (χ3v) is 4.39. The van der Waals surface area contributed by atoms with Crippen LogP contribution in [0, 0.1) is 0 Å². The van der Waals surface area contributed by atoms with Crippen LogP contribution in [-0.2, 0) is 20.7 Å². The quantitative estimate of drug-likeness (QED) is 0.822. The van der Waals surface area contributed by atoms with Gasteiger partial charge in [-0.1, -0.05) is 30.3 Å². The van der Waals surface area contributed by atoms with Gasteiger partial charge in [0, 0.05) is 13.0 Å². The maximum Gasteiger partial charge on any atom is 0.339 e. The van der Waals surface area contributed by atoms with Gasteiger partial charge < -0.3 is 14.8 Å². The molecule has 1 amide bonds. The molecule has 2 aromatic carbocycles. The Labute approximate surface area is 157 Å². The van der Waals surface area contributed by atoms with Crippen LogP contribution in [0.1, 0.15) is 51.8 Å². The lowest BCUT2D eigenvalue weighted by Crippen LogP contribution is -2.35. The van der Waals surface area contributed by atoms with Gasteiger partial charge in [-0.05, 0) is 43.2 Å². The number of rotatable bonds is 5. The van der Waals surface area contributed by atoms with Gasteiger partial charge >= 0.3 is 11.9 Å². The smallest absolute Gasteiger partial charge is 0.339 e. The van der Waals surface area contributed by atoms with Gasteiger partial charge in [0.2, 0.25) is 0 Å². The molecular weight excluding hydrogens is 346 g/mol. The third kappa shape index (κ3) is 4.16. The summed E-state index contributed by atoms with van der Waals surface area (Å²) in [6.07, 6.45) is -0.819. The van der Waals surface area contributed by atoms with E-state index in [9.17, 15) is 14.4 Å². The fraction of sp³-hybridized carbons (Fsp3) is 0.286. The van der Waals surface area contributed by atoms with Gasteiger partial charge in [0.1, 0.15) is 6.10 Å². The van der Waals surface area contributed by atoms with Crippen molar-refractivity contribution in [2.24, 2.45) is 0 Å². The van der Waals surface area contributed by atoms with E-state index in [-0.39, 0.29) is 5.91 Å². The minimum atomic E-state index is -0.893. The fourth-order valence-corrected chi connectivity index (χ4v) is 2.98. The molecule has 1 aliphatic rings. The molecule has 0 radical (unpaired) electrons. The van der Waals surface area contributed by atoms with Crippen LogP contribution in [-0.4, -0.2) is 30.5 Å². The second-order valence-corrected chi connectivity index (χ2v) is 6.32. The summed E-state index contributed by atoms with van der Waals surface area (Å²) < 4.78 is 10.7. The van der Waals surface area contributed by atoms with Crippen molar-refractivity contribution in [2.45, 2.75) is 32.5 Å². The SMILES string of the molecule is CCNC(=O)[C@H](C)OC(=O)c1ccc2c(c1)C[C@H](c1ccccc1)OC2=O. The van der Waals surface area contributed by atoms with Crippen LogP contribution in [0.15, 0.2) is 48.5 Å². The zero-order valence-corrected chi connectivity index (χ0v) is 15.2. The molecule has 0 spiro atoms. The van der Waals surface area contributed by atoms with E-state index >= 15 is 0 Å². The number of benzene rings is 2. The number of carbonyl (C=O) groups excluding carboxylic acids is 3. The second-order valence-electron chi connectivity index (χ2n) is 6.32. The van der Waals surface area contributed by atoms with Crippen LogP contribution >= 0.6 is 0 Å². The lowest BCUT2D eigenvalue weighted by Gasteiger charge is -2.25. The average molecular weight is 367 g/mol. The monoisotopic (exact) mass is 367 g/mol. The summed E-state index contributed by atoms with van der Waals surface area (Å²) in [4.78, 5) is 36.4. The van der Waals surface area contributed by atoms with Gasteiger partial charge in [-0.25, -0.2) is 9.59 Å². The predicted molar refractivity (Wildman–Crippen MR) is 98.3 cm³/mol. The first-order chi connectivity index (χ1) is 13.0. The highest BCUT2D eigenvalue weighted by Gasteiger charge is 2.28. The summed E-state index contributed by atoms with van der Waals surface area (Å²) >= 11 is 0. The van der Waals surface area contributed by atoms with Crippen LogP contribution in [0.2, 0.25) is 0 Å². The molecule has 0 aromatic heterocycles. The van der Waals surface area contributed by atoms with Crippen LogP contribution < -0.4 is 5.32 Å². The summed E-state index contributed by atoms with van der Waals surface area (Å²) in [6.45, 7) is 3.77. The van der Waals surface area contributed by atoms with Gasteiger partial charge in [-0.15, -0.1) is 0 Å². The number of amides is 1. The number of ether oxygens (including phenoxy) is 2. The largest absolute Gasteiger partial charge is 0.454 e. The normalized spacial score (nSPS) is 16.7. The zero-order valence-electron chi connectivity index (χ0n) is 15.2. The molecule has 2 aromatic rings. The Morgan fingerprint density at radius 3 is 2.67 bits per heavy atom. The highest BCUT2D eigenvalue weighted by atomic mass is 16.6. The lowest BCUT2D eigenvalue weighted by atomic mass is 9.93. The minimum absolute atomic E-state index is 0.298. The molecule has 0 fully saturated rings. The van der Waals surface area contributed by atoms with Gasteiger partial charge in [-0.3, -0.25) is 4.79 Å². The lowest BCUT2D eigenvalue weighted by molar-refractivity contribution is -0.128. The number of likely N-dealkylation sites (N-methyl/N-ethyl adjacent to an activating group) is 1. The molecule has 0 saturated carbocycles. The van der Waals surface area contributed by atoms with E-state index in [1.54, 1.807) is 19.1 Å². The van der Waals surface area contributed by atoms with Crippen molar-refractivity contribution in [2.75, 3.05) is 6.54 Å². The van der Waals surface area contributed by atoms with Crippen LogP contribution in [0.5, 0.6) is 0 Å². The van der Waals surface area contributed by atoms with E-state index in [0.717, 1.165) is 11.1 Å². The number of hydrogen-bond donors (Lipinski definition) is 1. The summed E-state index contributed by atoms with van der Waals surface area (Å²) in [6, 6.07) is 14.2. The number of fused-ring (bicyclic) bond motifs is 1. The molecule has 3 rings (SSSR count). The first-order valence-electron chi connectivity index (χ1n) is 8.87. The topological polar surface area (TPSA) is 81.7 Å². The molecule has 6 nitrogen and oxygen atoms in total. The molecule has 1 heterocycles. The fourth-order valence-electron chi connectivity index (χ4n) is 2.98. The Hall–Kier alpha value is -3.15. The van der Waals surface area contributed by atoms with Crippen molar-refractivity contribution < 1.29 is 23.9 Å². The molecule has 0 unspecified atom stereocenters. The van der Waals surface area contributed by atoms with Crippen molar-refractivity contribution in [3.05, 3.63) is 70.8 Å². The Kier molecular flexibility index (Phi) is 5.54. The molecule has 0 aliphatic carbocycles. The van der Waals surface area contributed by atoms with E-state index < -0.39 is 24.1 Å². The second kappa shape index (κ2) is 8.03. The minimum Gasteiger partial charge on any atom is -0.454 e. The van der Waals surface area contributed by atoms with E-state index in [4.69, 9.17) is 9.47 Å². The van der Waals surface area contributed by atoms with Crippen LogP contribution in [0.4, 0.5) is 0 Å². The Morgan fingerprint density at radius 2 is 1.96 bits per heavy atom. The van der Waals surface area contributed by atoms with Crippen molar-refractivity contribution in [3.8, 4) is 0 Å². The number of carbonyl (C=O) groups is 3. The molecule has 0 saturated heterocycles. The standard InChI is InChI=1S/C21H21NO5/c1-3-22-19(23)13(2)26-20(24)15-9-10-17-16(11-15)12-18(27-21(17)25)14-7-5-4-6-8-14/h4-11,13,18H,3,12H2,1-2H3,(H,22,23)/t13-,18+/m0/s1. The molecule has 1 N–H and O–H groups in total. The summed E-state index contributed by atoms with van der Waals surface area (Å²) in [5.41, 5.74) is 2.36. The van der Waals surface area contributed by atoms with Crippen LogP contribution in [0.25, 0.3) is 0 Å². The summed E-state index contributed by atoms with van der Waals surface area (Å²) in [5.74, 6) is -1.37. The molecule has 27 heavy (non-hydrogen) atoms. The van der Waals surface area contributed by atoms with E-state index in [1.165, 1.54) is 13.0 Å². The summed E-state index contributed by atoms with van der Waals surface area (Å²) in [7, 11) is 0. The maximum atomic E-state index is 12.4. The zero-order chi connectivity index (χ0) is 19.4. The first kappa shape index (κ1) is 18.6. The van der Waals surface area contributed by atoms with E-state index in [1.807, 2.05) is 30.3 Å². The molecule has 1 aliphatic heterocycles. The maximum absolute atomic E-state index is 12.4. The van der Waals surface area contributed by atoms with Crippen LogP contribution in [0.3, 0.4) is 0 Å². The predicted octanol–water partition coefficient (Wildman–Crippen LogP) is 2.82. The Morgan fingerprint density at radius 1 is 1.22 bits per heavy atom. The van der Waals surface area contributed by atoms with Gasteiger partial charge in [0.05, 0.1) is 11.1 Å². The molecule has 2 atom stereocenters. The number of cyclic esters (lactones) is 1. The molecule has 0 bridgehead atoms. The molecule has 140 valence electrons. The summed E-state index contributed by atoms with van der Waals surface area (Å²) in [5, 5.41) is 2.60. The van der Waals surface area contributed by atoms with Gasteiger partial charge in [0.25, 0.3) is 5.91 Å². The Bertz CT molecular complexity index is 862. The van der Waals surface area contributed by atoms with Crippen molar-refractivity contribution >= 4 is 17.8 Å². The van der Waals surface area contributed by atoms with Gasteiger partial charge in [0.15, 0.2) is 6.10 Å². The average Bonchev–Trinajstić information content (AvgIpc) is 2.68. The van der Waals surface area contributed by atoms with Crippen molar-refractivity contribution in [1.29, 1.82) is 0 Å². The molecular formula is C21H21NO5.